The standard InChI is InChI=1S/C17H18O5/c1-10(2)17(19)20-9-12(4)21-13-5-6-14-11(3)7-16(18)22-15(14)8-13/h5-8,12H,1,9H2,2-4H3. The summed E-state index contributed by atoms with van der Waals surface area (Å²) < 4.78 is 15.9. The second-order valence-corrected chi connectivity index (χ2v) is 5.21. The average molecular weight is 302 g/mol. The molecule has 5 heteroatoms. The highest BCUT2D eigenvalue weighted by Gasteiger charge is 2.10. The first-order valence-corrected chi connectivity index (χ1v) is 6.90. The lowest BCUT2D eigenvalue weighted by Crippen LogP contribution is -2.21. The third-order valence-corrected chi connectivity index (χ3v) is 3.06. The minimum Gasteiger partial charge on any atom is -0.487 e. The predicted octanol–water partition coefficient (Wildman–Crippen LogP) is 2.99. The number of aryl methyl sites for hydroxylation is 1. The van der Waals surface area contributed by atoms with Gasteiger partial charge < -0.3 is 13.9 Å². The molecule has 0 amide bonds. The second-order valence-electron chi connectivity index (χ2n) is 5.21. The van der Waals surface area contributed by atoms with Crippen LogP contribution in [0.25, 0.3) is 11.0 Å². The van der Waals surface area contributed by atoms with Crippen LogP contribution in [0.15, 0.2) is 45.6 Å². The molecule has 116 valence electrons. The fourth-order valence-corrected chi connectivity index (χ4v) is 1.96. The van der Waals surface area contributed by atoms with Gasteiger partial charge in [-0.25, -0.2) is 9.59 Å². The molecule has 0 saturated heterocycles. The Kier molecular flexibility index (Phi) is 4.65. The third-order valence-electron chi connectivity index (χ3n) is 3.06. The van der Waals surface area contributed by atoms with Gasteiger partial charge in [0.2, 0.25) is 0 Å². The van der Waals surface area contributed by atoms with Crippen molar-refractivity contribution in [3.63, 3.8) is 0 Å². The van der Waals surface area contributed by atoms with Crippen LogP contribution in [0.1, 0.15) is 19.4 Å². The lowest BCUT2D eigenvalue weighted by Gasteiger charge is -2.15. The lowest BCUT2D eigenvalue weighted by atomic mass is 10.1. The summed E-state index contributed by atoms with van der Waals surface area (Å²) in [4.78, 5) is 22.7. The smallest absolute Gasteiger partial charge is 0.336 e. The molecule has 5 nitrogen and oxygen atoms in total. The molecule has 0 N–H and O–H groups in total. The fourth-order valence-electron chi connectivity index (χ4n) is 1.96. The molecular weight excluding hydrogens is 284 g/mol. The Bertz CT molecular complexity index is 772. The molecule has 0 aliphatic carbocycles. The van der Waals surface area contributed by atoms with Crippen LogP contribution in [0, 0.1) is 6.92 Å². The van der Waals surface area contributed by atoms with Crippen molar-refractivity contribution in [3.8, 4) is 5.75 Å². The van der Waals surface area contributed by atoms with Crippen LogP contribution in [0.5, 0.6) is 5.75 Å². The first-order chi connectivity index (χ1) is 10.4. The molecule has 2 aromatic rings. The van der Waals surface area contributed by atoms with E-state index in [9.17, 15) is 9.59 Å². The van der Waals surface area contributed by atoms with E-state index in [1.54, 1.807) is 26.0 Å². The van der Waals surface area contributed by atoms with E-state index in [-0.39, 0.29) is 12.7 Å². The normalized spacial score (nSPS) is 12.0. The van der Waals surface area contributed by atoms with Crippen molar-refractivity contribution in [2.24, 2.45) is 0 Å². The van der Waals surface area contributed by atoms with Crippen molar-refractivity contribution < 1.29 is 18.7 Å². The van der Waals surface area contributed by atoms with Gasteiger partial charge in [0.25, 0.3) is 0 Å². The van der Waals surface area contributed by atoms with Gasteiger partial charge in [-0.1, -0.05) is 6.58 Å². The average Bonchev–Trinajstić information content (AvgIpc) is 2.43. The maximum atomic E-state index is 11.4. The third kappa shape index (κ3) is 3.75. The summed E-state index contributed by atoms with van der Waals surface area (Å²) >= 11 is 0. The summed E-state index contributed by atoms with van der Waals surface area (Å²) in [5.74, 6) is 0.0932. The summed E-state index contributed by atoms with van der Waals surface area (Å²) in [5, 5.41) is 0.855. The molecule has 1 aromatic carbocycles. The van der Waals surface area contributed by atoms with Gasteiger partial charge in [-0.05, 0) is 38.5 Å². The van der Waals surface area contributed by atoms with E-state index in [0.29, 0.717) is 16.9 Å². The number of carbonyl (C=O) groups excluding carboxylic acids is 1. The van der Waals surface area contributed by atoms with E-state index < -0.39 is 11.6 Å². The van der Waals surface area contributed by atoms with Crippen LogP contribution < -0.4 is 10.4 Å². The molecule has 1 atom stereocenters. The van der Waals surface area contributed by atoms with Gasteiger partial charge in [0.1, 0.15) is 24.0 Å². The topological polar surface area (TPSA) is 65.7 Å². The van der Waals surface area contributed by atoms with Crippen LogP contribution >= 0.6 is 0 Å². The summed E-state index contributed by atoms with van der Waals surface area (Å²) in [7, 11) is 0. The van der Waals surface area contributed by atoms with Gasteiger partial charge in [-0.2, -0.15) is 0 Å². The summed E-state index contributed by atoms with van der Waals surface area (Å²) in [6.45, 7) is 8.83. The fraction of sp³-hybridized carbons (Fsp3) is 0.294. The van der Waals surface area contributed by atoms with Crippen molar-refractivity contribution in [2.75, 3.05) is 6.61 Å². The highest BCUT2D eigenvalue weighted by atomic mass is 16.6. The molecule has 0 radical (unpaired) electrons. The van der Waals surface area contributed by atoms with Gasteiger partial charge in [0, 0.05) is 23.1 Å². The van der Waals surface area contributed by atoms with Crippen molar-refractivity contribution in [1.29, 1.82) is 0 Å². The zero-order valence-corrected chi connectivity index (χ0v) is 12.8. The van der Waals surface area contributed by atoms with Gasteiger partial charge in [0.05, 0.1) is 0 Å². The maximum absolute atomic E-state index is 11.4. The largest absolute Gasteiger partial charge is 0.487 e. The van der Waals surface area contributed by atoms with Gasteiger partial charge in [-0.3, -0.25) is 0 Å². The second kappa shape index (κ2) is 6.47. The number of hydrogen-bond donors (Lipinski definition) is 0. The minimum absolute atomic E-state index is 0.113. The minimum atomic E-state index is -0.449. The van der Waals surface area contributed by atoms with Crippen molar-refractivity contribution in [2.45, 2.75) is 26.9 Å². The molecule has 2 rings (SSSR count). The van der Waals surface area contributed by atoms with Crippen LogP contribution in [0.4, 0.5) is 0 Å². The van der Waals surface area contributed by atoms with Crippen molar-refractivity contribution >= 4 is 16.9 Å². The summed E-state index contributed by atoms with van der Waals surface area (Å²) in [6.07, 6.45) is -0.336. The van der Waals surface area contributed by atoms with Crippen molar-refractivity contribution in [1.82, 2.24) is 0 Å². The van der Waals surface area contributed by atoms with E-state index >= 15 is 0 Å². The Morgan fingerprint density at radius 2 is 2.09 bits per heavy atom. The number of hydrogen-bond acceptors (Lipinski definition) is 5. The number of ether oxygens (including phenoxy) is 2. The summed E-state index contributed by atoms with van der Waals surface area (Å²) in [5.41, 5.74) is 1.26. The molecule has 1 unspecified atom stereocenters. The van der Waals surface area contributed by atoms with Gasteiger partial charge in [-0.15, -0.1) is 0 Å². The predicted molar refractivity (Wildman–Crippen MR) is 83.1 cm³/mol. The first kappa shape index (κ1) is 15.8. The van der Waals surface area contributed by atoms with E-state index in [2.05, 4.69) is 6.58 Å². The Morgan fingerprint density at radius 1 is 1.36 bits per heavy atom. The van der Waals surface area contributed by atoms with Crippen LogP contribution in [0.2, 0.25) is 0 Å². The van der Waals surface area contributed by atoms with E-state index in [4.69, 9.17) is 13.9 Å². The van der Waals surface area contributed by atoms with E-state index in [1.807, 2.05) is 13.0 Å². The highest BCUT2D eigenvalue weighted by Crippen LogP contribution is 2.23. The molecule has 0 spiro atoms. The quantitative estimate of drug-likeness (QED) is 0.482. The number of fused-ring (bicyclic) bond motifs is 1. The Balaban J connectivity index is 2.10. The summed E-state index contributed by atoms with van der Waals surface area (Å²) in [6, 6.07) is 6.71. The molecule has 0 aliphatic rings. The van der Waals surface area contributed by atoms with E-state index in [0.717, 1.165) is 10.9 Å². The molecule has 22 heavy (non-hydrogen) atoms. The van der Waals surface area contributed by atoms with Crippen molar-refractivity contribution in [3.05, 3.63) is 52.4 Å². The number of rotatable bonds is 5. The molecule has 1 heterocycles. The Morgan fingerprint density at radius 3 is 2.77 bits per heavy atom. The monoisotopic (exact) mass is 302 g/mol. The maximum Gasteiger partial charge on any atom is 0.336 e. The molecular formula is C17H18O5. The molecule has 0 saturated carbocycles. The number of esters is 1. The lowest BCUT2D eigenvalue weighted by molar-refractivity contribution is -0.141. The number of benzene rings is 1. The molecule has 0 fully saturated rings. The van der Waals surface area contributed by atoms with Gasteiger partial charge >= 0.3 is 11.6 Å². The molecule has 0 bridgehead atoms. The SMILES string of the molecule is C=C(C)C(=O)OCC(C)Oc1ccc2c(C)cc(=O)oc2c1. The zero-order chi connectivity index (χ0) is 16.3. The van der Waals surface area contributed by atoms with Crippen LogP contribution in [-0.4, -0.2) is 18.7 Å². The Labute approximate surface area is 128 Å². The highest BCUT2D eigenvalue weighted by molar-refractivity contribution is 5.86. The Hall–Kier alpha value is -2.56. The molecule has 0 aliphatic heterocycles. The zero-order valence-electron chi connectivity index (χ0n) is 12.8. The number of carbonyl (C=O) groups is 1. The first-order valence-electron chi connectivity index (χ1n) is 6.90. The van der Waals surface area contributed by atoms with Crippen LogP contribution in [0.3, 0.4) is 0 Å². The van der Waals surface area contributed by atoms with Gasteiger partial charge in [0.15, 0.2) is 0 Å². The van der Waals surface area contributed by atoms with Crippen LogP contribution in [-0.2, 0) is 9.53 Å². The molecule has 1 aromatic heterocycles. The van der Waals surface area contributed by atoms with E-state index in [1.165, 1.54) is 6.07 Å².